The van der Waals surface area contributed by atoms with Crippen LogP contribution in [-0.4, -0.2) is 39.8 Å². The number of sulfonamides is 1. The number of anilines is 1. The number of ether oxygens (including phenoxy) is 1. The number of hydrogen-bond acceptors (Lipinski definition) is 4. The number of amides is 1. The predicted molar refractivity (Wildman–Crippen MR) is 126 cm³/mol. The molecule has 2 rings (SSSR count). The average molecular weight is 447 g/mol. The van der Waals surface area contributed by atoms with Gasteiger partial charge in [0.05, 0.1) is 18.0 Å². The molecule has 2 aromatic rings. The first-order valence-corrected chi connectivity index (χ1v) is 12.4. The molecule has 170 valence electrons. The van der Waals surface area contributed by atoms with E-state index in [0.29, 0.717) is 18.7 Å². The molecule has 0 aliphatic carbocycles. The lowest BCUT2D eigenvalue weighted by molar-refractivity contribution is -0.121. The van der Waals surface area contributed by atoms with Crippen molar-refractivity contribution in [2.75, 3.05) is 23.7 Å². The van der Waals surface area contributed by atoms with Gasteiger partial charge in [-0.05, 0) is 81.5 Å². The summed E-state index contributed by atoms with van der Waals surface area (Å²) >= 11 is 0. The second-order valence-electron chi connectivity index (χ2n) is 8.18. The molecular formula is C24H34N2O4S. The van der Waals surface area contributed by atoms with Crippen LogP contribution in [0.1, 0.15) is 42.0 Å². The minimum absolute atomic E-state index is 0.120. The van der Waals surface area contributed by atoms with Gasteiger partial charge in [0.2, 0.25) is 15.9 Å². The summed E-state index contributed by atoms with van der Waals surface area (Å²) < 4.78 is 31.8. The molecule has 6 nitrogen and oxygen atoms in total. The summed E-state index contributed by atoms with van der Waals surface area (Å²) in [6.07, 6.45) is 1.86. The summed E-state index contributed by atoms with van der Waals surface area (Å²) in [6, 6.07) is 11.4. The highest BCUT2D eigenvalue weighted by Gasteiger charge is 2.20. The first-order valence-electron chi connectivity index (χ1n) is 10.5. The highest BCUT2D eigenvalue weighted by atomic mass is 32.2. The quantitative estimate of drug-likeness (QED) is 0.597. The van der Waals surface area contributed by atoms with E-state index in [0.717, 1.165) is 22.4 Å². The van der Waals surface area contributed by atoms with Gasteiger partial charge in [-0.2, -0.15) is 0 Å². The molecule has 0 aliphatic rings. The first kappa shape index (κ1) is 24.7. The lowest BCUT2D eigenvalue weighted by Crippen LogP contribution is -2.37. The Balaban J connectivity index is 1.86. The number of nitrogens with zero attached hydrogens (tertiary/aromatic N) is 1. The summed E-state index contributed by atoms with van der Waals surface area (Å²) in [7, 11) is -3.44. The van der Waals surface area contributed by atoms with E-state index in [-0.39, 0.29) is 24.9 Å². The number of carbonyl (C=O) groups excluding carboxylic acids is 1. The van der Waals surface area contributed by atoms with E-state index in [2.05, 4.69) is 5.32 Å². The smallest absolute Gasteiger partial charge is 0.232 e. The van der Waals surface area contributed by atoms with Crippen LogP contribution in [0.3, 0.4) is 0 Å². The maximum absolute atomic E-state index is 12.3. The fourth-order valence-corrected chi connectivity index (χ4v) is 4.28. The van der Waals surface area contributed by atoms with Crippen LogP contribution in [0.2, 0.25) is 0 Å². The van der Waals surface area contributed by atoms with Crippen LogP contribution >= 0.6 is 0 Å². The minimum Gasteiger partial charge on any atom is -0.491 e. The molecule has 1 N–H and O–H groups in total. The molecule has 0 fully saturated rings. The van der Waals surface area contributed by atoms with E-state index in [4.69, 9.17) is 4.74 Å². The Kier molecular flexibility index (Phi) is 8.51. The monoisotopic (exact) mass is 446 g/mol. The fraction of sp³-hybridized carbons (Fsp3) is 0.458. The summed E-state index contributed by atoms with van der Waals surface area (Å²) in [5.74, 6) is 0.659. The number of benzene rings is 2. The van der Waals surface area contributed by atoms with Gasteiger partial charge in [0, 0.05) is 13.0 Å². The van der Waals surface area contributed by atoms with Gasteiger partial charge in [-0.1, -0.05) is 18.2 Å². The van der Waals surface area contributed by atoms with Gasteiger partial charge in [0.15, 0.2) is 0 Å². The van der Waals surface area contributed by atoms with Crippen LogP contribution in [0.15, 0.2) is 36.4 Å². The normalized spacial score (nSPS) is 12.3. The standard InChI is InChI=1S/C24H34N2O4S/c1-17-12-13-22(15-19(17)3)30-16-20(4)25-24(27)11-8-14-26(31(6,28)29)23-10-7-9-18(2)21(23)5/h7,9-10,12-13,15,20H,8,11,14,16H2,1-6H3,(H,25,27). The first-order chi connectivity index (χ1) is 14.5. The molecule has 0 bridgehead atoms. The Labute approximate surface area is 186 Å². The summed E-state index contributed by atoms with van der Waals surface area (Å²) in [4.78, 5) is 12.3. The highest BCUT2D eigenvalue weighted by molar-refractivity contribution is 7.92. The van der Waals surface area contributed by atoms with Crippen molar-refractivity contribution >= 4 is 21.6 Å². The second-order valence-corrected chi connectivity index (χ2v) is 10.1. The molecule has 2 aromatic carbocycles. The van der Waals surface area contributed by atoms with Crippen molar-refractivity contribution in [2.24, 2.45) is 0 Å². The fourth-order valence-electron chi connectivity index (χ4n) is 3.27. The van der Waals surface area contributed by atoms with E-state index >= 15 is 0 Å². The molecular weight excluding hydrogens is 412 g/mol. The number of aryl methyl sites for hydroxylation is 3. The van der Waals surface area contributed by atoms with E-state index in [1.54, 1.807) is 6.07 Å². The van der Waals surface area contributed by atoms with Crippen molar-refractivity contribution in [2.45, 2.75) is 53.5 Å². The third-order valence-corrected chi connectivity index (χ3v) is 6.58. The summed E-state index contributed by atoms with van der Waals surface area (Å²) in [6.45, 7) is 10.5. The van der Waals surface area contributed by atoms with Gasteiger partial charge in [0.25, 0.3) is 0 Å². The molecule has 0 heterocycles. The molecule has 1 amide bonds. The van der Waals surface area contributed by atoms with E-state index < -0.39 is 10.0 Å². The van der Waals surface area contributed by atoms with Crippen molar-refractivity contribution < 1.29 is 17.9 Å². The molecule has 0 saturated heterocycles. The Bertz CT molecular complexity index is 1020. The predicted octanol–water partition coefficient (Wildman–Crippen LogP) is 4.05. The van der Waals surface area contributed by atoms with Crippen molar-refractivity contribution in [1.82, 2.24) is 5.32 Å². The zero-order chi connectivity index (χ0) is 23.2. The molecule has 0 radical (unpaired) electrons. The van der Waals surface area contributed by atoms with E-state index in [1.807, 2.05) is 65.0 Å². The van der Waals surface area contributed by atoms with Gasteiger partial charge in [-0.15, -0.1) is 0 Å². The third-order valence-electron chi connectivity index (χ3n) is 5.40. The third kappa shape index (κ3) is 7.28. The summed E-state index contributed by atoms with van der Waals surface area (Å²) in [5.41, 5.74) is 4.99. The van der Waals surface area contributed by atoms with Gasteiger partial charge >= 0.3 is 0 Å². The number of rotatable bonds is 10. The lowest BCUT2D eigenvalue weighted by Gasteiger charge is -2.25. The SMILES string of the molecule is Cc1ccc(OCC(C)NC(=O)CCCN(c2cccc(C)c2C)S(C)(=O)=O)cc1C. The van der Waals surface area contributed by atoms with Crippen LogP contribution in [0.5, 0.6) is 5.75 Å². The molecule has 1 atom stereocenters. The maximum Gasteiger partial charge on any atom is 0.232 e. The van der Waals surface area contributed by atoms with Gasteiger partial charge < -0.3 is 10.1 Å². The largest absolute Gasteiger partial charge is 0.491 e. The molecule has 0 spiro atoms. The second kappa shape index (κ2) is 10.7. The maximum atomic E-state index is 12.3. The Morgan fingerprint density at radius 2 is 1.77 bits per heavy atom. The van der Waals surface area contributed by atoms with Crippen LogP contribution < -0.4 is 14.4 Å². The summed E-state index contributed by atoms with van der Waals surface area (Å²) in [5, 5.41) is 2.92. The molecule has 0 saturated carbocycles. The van der Waals surface area contributed by atoms with Gasteiger partial charge in [0.1, 0.15) is 12.4 Å². The Morgan fingerprint density at radius 1 is 1.06 bits per heavy atom. The van der Waals surface area contributed by atoms with Crippen molar-refractivity contribution in [3.8, 4) is 5.75 Å². The zero-order valence-electron chi connectivity index (χ0n) is 19.4. The highest BCUT2D eigenvalue weighted by Crippen LogP contribution is 2.25. The van der Waals surface area contributed by atoms with Crippen molar-refractivity contribution in [3.63, 3.8) is 0 Å². The topological polar surface area (TPSA) is 75.7 Å². The molecule has 31 heavy (non-hydrogen) atoms. The minimum atomic E-state index is -3.44. The van der Waals surface area contributed by atoms with Crippen molar-refractivity contribution in [3.05, 3.63) is 58.7 Å². The Morgan fingerprint density at radius 3 is 2.42 bits per heavy atom. The average Bonchev–Trinajstić information content (AvgIpc) is 2.68. The van der Waals surface area contributed by atoms with Gasteiger partial charge in [-0.25, -0.2) is 8.42 Å². The molecule has 7 heteroatoms. The Hall–Kier alpha value is -2.54. The van der Waals surface area contributed by atoms with Crippen LogP contribution in [-0.2, 0) is 14.8 Å². The molecule has 0 aromatic heterocycles. The van der Waals surface area contributed by atoms with E-state index in [9.17, 15) is 13.2 Å². The van der Waals surface area contributed by atoms with Crippen LogP contribution in [0.4, 0.5) is 5.69 Å². The van der Waals surface area contributed by atoms with Crippen LogP contribution in [0, 0.1) is 27.7 Å². The van der Waals surface area contributed by atoms with Gasteiger partial charge in [-0.3, -0.25) is 9.10 Å². The van der Waals surface area contributed by atoms with E-state index in [1.165, 1.54) is 16.1 Å². The number of hydrogen-bond donors (Lipinski definition) is 1. The number of nitrogens with one attached hydrogen (secondary N) is 1. The van der Waals surface area contributed by atoms with Crippen LogP contribution in [0.25, 0.3) is 0 Å². The molecule has 1 unspecified atom stereocenters. The zero-order valence-corrected chi connectivity index (χ0v) is 20.2. The molecule has 0 aliphatic heterocycles. The van der Waals surface area contributed by atoms with Crippen molar-refractivity contribution in [1.29, 1.82) is 0 Å². The number of carbonyl (C=O) groups is 1. The lowest BCUT2D eigenvalue weighted by atomic mass is 10.1.